The van der Waals surface area contributed by atoms with Gasteiger partial charge < -0.3 is 0 Å². The van der Waals surface area contributed by atoms with Crippen LogP contribution in [0.15, 0.2) is 71.2 Å². The van der Waals surface area contributed by atoms with Crippen LogP contribution in [0.3, 0.4) is 0 Å². The summed E-state index contributed by atoms with van der Waals surface area (Å²) in [5, 5.41) is 0.466. The number of carbonyl (C=O) groups is 1. The number of allylic oxidation sites excluding steroid dienone is 4. The number of benzene rings is 2. The molecule has 3 heteroatoms. The van der Waals surface area contributed by atoms with E-state index in [1.54, 1.807) is 30.3 Å². The maximum Gasteiger partial charge on any atom is 0.187 e. The van der Waals surface area contributed by atoms with Gasteiger partial charge in [-0.2, -0.15) is 0 Å². The summed E-state index contributed by atoms with van der Waals surface area (Å²) in [4.78, 5) is 12.2. The van der Waals surface area contributed by atoms with E-state index in [0.29, 0.717) is 10.6 Å². The van der Waals surface area contributed by atoms with Crippen molar-refractivity contribution < 1.29 is 4.79 Å². The number of rotatable bonds is 4. The van der Waals surface area contributed by atoms with E-state index in [-0.39, 0.29) is 5.78 Å². The van der Waals surface area contributed by atoms with Gasteiger partial charge in [0.25, 0.3) is 0 Å². The average molecular weight is 362 g/mol. The highest BCUT2D eigenvalue weighted by molar-refractivity contribution is 9.11. The third-order valence-corrected chi connectivity index (χ3v) is 3.75. The molecule has 0 heterocycles. The van der Waals surface area contributed by atoms with Crippen LogP contribution in [-0.2, 0) is 0 Å². The van der Waals surface area contributed by atoms with Gasteiger partial charge in [-0.15, -0.1) is 0 Å². The van der Waals surface area contributed by atoms with E-state index in [9.17, 15) is 4.79 Å². The minimum atomic E-state index is -0.109. The Bertz CT molecular complexity index is 698. The van der Waals surface area contributed by atoms with Gasteiger partial charge in [-0.05, 0) is 46.8 Å². The number of ketones is 1. The van der Waals surface area contributed by atoms with Crippen LogP contribution in [0.5, 0.6) is 0 Å². The third kappa shape index (κ3) is 4.16. The molecule has 0 aromatic heterocycles. The van der Waals surface area contributed by atoms with Gasteiger partial charge in [-0.1, -0.05) is 70.0 Å². The Labute approximate surface area is 138 Å². The Morgan fingerprint density at radius 2 is 1.62 bits per heavy atom. The molecule has 2 rings (SSSR count). The van der Waals surface area contributed by atoms with Gasteiger partial charge in [0.05, 0.1) is 5.02 Å². The molecule has 0 fully saturated rings. The van der Waals surface area contributed by atoms with Crippen LogP contribution in [0.4, 0.5) is 0 Å². The Morgan fingerprint density at radius 1 is 1.00 bits per heavy atom. The van der Waals surface area contributed by atoms with Crippen molar-refractivity contribution in [3.8, 4) is 0 Å². The summed E-state index contributed by atoms with van der Waals surface area (Å²) in [6.45, 7) is 1.95. The minimum Gasteiger partial charge on any atom is -0.289 e. The molecule has 0 aliphatic heterocycles. The molecule has 2 aromatic carbocycles. The Balaban J connectivity index is 2.29. The van der Waals surface area contributed by atoms with Crippen LogP contribution in [0.25, 0.3) is 5.57 Å². The second-order valence-corrected chi connectivity index (χ2v) is 6.09. The van der Waals surface area contributed by atoms with Crippen LogP contribution in [0, 0.1) is 0 Å². The maximum absolute atomic E-state index is 12.2. The van der Waals surface area contributed by atoms with Crippen LogP contribution in [0.1, 0.15) is 22.8 Å². The number of hydrogen-bond donors (Lipinski definition) is 0. The SMILES string of the molecule is CC(Br)=C(C=CC(=O)c1ccccc1Cl)c1ccccc1. The van der Waals surface area contributed by atoms with Crippen LogP contribution >= 0.6 is 27.5 Å². The zero-order valence-electron chi connectivity index (χ0n) is 11.5. The van der Waals surface area contributed by atoms with Crippen LogP contribution in [-0.4, -0.2) is 5.78 Å². The van der Waals surface area contributed by atoms with Crippen molar-refractivity contribution in [1.29, 1.82) is 0 Å². The van der Waals surface area contributed by atoms with E-state index < -0.39 is 0 Å². The standard InChI is InChI=1S/C18H14BrClO/c1-13(19)15(14-7-3-2-4-8-14)11-12-18(21)16-9-5-6-10-17(16)20/h2-12H,1H3. The van der Waals surface area contributed by atoms with Crippen molar-refractivity contribution in [3.63, 3.8) is 0 Å². The zero-order chi connectivity index (χ0) is 15.2. The summed E-state index contributed by atoms with van der Waals surface area (Å²) in [5.41, 5.74) is 2.53. The monoisotopic (exact) mass is 360 g/mol. The van der Waals surface area contributed by atoms with Crippen LogP contribution in [0.2, 0.25) is 5.02 Å². The van der Waals surface area contributed by atoms with Crippen molar-refractivity contribution in [2.45, 2.75) is 6.92 Å². The molecule has 2 aromatic rings. The lowest BCUT2D eigenvalue weighted by Crippen LogP contribution is -1.95. The largest absolute Gasteiger partial charge is 0.289 e. The van der Waals surface area contributed by atoms with E-state index >= 15 is 0 Å². The van der Waals surface area contributed by atoms with Gasteiger partial charge in [-0.3, -0.25) is 4.79 Å². The maximum atomic E-state index is 12.2. The van der Waals surface area contributed by atoms with E-state index in [2.05, 4.69) is 15.9 Å². The Hall–Kier alpha value is -1.64. The summed E-state index contributed by atoms with van der Waals surface area (Å²) in [6.07, 6.45) is 3.36. The fourth-order valence-corrected chi connectivity index (χ4v) is 2.53. The molecule has 0 amide bonds. The predicted molar refractivity (Wildman–Crippen MR) is 92.9 cm³/mol. The second kappa shape index (κ2) is 7.39. The Kier molecular flexibility index (Phi) is 5.54. The molecule has 106 valence electrons. The number of halogens is 2. The number of hydrogen-bond acceptors (Lipinski definition) is 1. The third-order valence-electron chi connectivity index (χ3n) is 3.00. The molecular weight excluding hydrogens is 348 g/mol. The fourth-order valence-electron chi connectivity index (χ4n) is 1.94. The van der Waals surface area contributed by atoms with E-state index in [0.717, 1.165) is 15.6 Å². The number of carbonyl (C=O) groups excluding carboxylic acids is 1. The fraction of sp³-hybridized carbons (Fsp3) is 0.0556. The molecule has 1 nitrogen and oxygen atoms in total. The second-order valence-electron chi connectivity index (χ2n) is 4.49. The average Bonchev–Trinajstić information content (AvgIpc) is 2.48. The molecule has 0 atom stereocenters. The minimum absolute atomic E-state index is 0.109. The van der Waals surface area contributed by atoms with Gasteiger partial charge in [0.15, 0.2) is 5.78 Å². The predicted octanol–water partition coefficient (Wildman–Crippen LogP) is 5.91. The van der Waals surface area contributed by atoms with E-state index in [1.165, 1.54) is 0 Å². The highest BCUT2D eigenvalue weighted by Crippen LogP contribution is 2.24. The van der Waals surface area contributed by atoms with Gasteiger partial charge >= 0.3 is 0 Å². The molecule has 0 radical (unpaired) electrons. The molecule has 0 spiro atoms. The van der Waals surface area contributed by atoms with Gasteiger partial charge in [0, 0.05) is 5.56 Å². The Morgan fingerprint density at radius 3 is 2.24 bits per heavy atom. The molecule has 0 aliphatic rings. The summed E-state index contributed by atoms with van der Waals surface area (Å²) in [6, 6.07) is 17.0. The first-order valence-corrected chi connectivity index (χ1v) is 7.65. The summed E-state index contributed by atoms with van der Waals surface area (Å²) in [7, 11) is 0. The summed E-state index contributed by atoms with van der Waals surface area (Å²) >= 11 is 9.53. The lowest BCUT2D eigenvalue weighted by Gasteiger charge is -2.04. The highest BCUT2D eigenvalue weighted by atomic mass is 79.9. The molecule has 21 heavy (non-hydrogen) atoms. The van der Waals surface area contributed by atoms with Crippen molar-refractivity contribution in [3.05, 3.63) is 87.4 Å². The smallest absolute Gasteiger partial charge is 0.187 e. The molecule has 0 bridgehead atoms. The first-order chi connectivity index (χ1) is 10.1. The first kappa shape index (κ1) is 15.7. The van der Waals surface area contributed by atoms with E-state index in [1.807, 2.05) is 43.3 Å². The summed E-state index contributed by atoms with van der Waals surface area (Å²) < 4.78 is 0.969. The molecule has 0 unspecified atom stereocenters. The van der Waals surface area contributed by atoms with Gasteiger partial charge in [0.1, 0.15) is 0 Å². The molecule has 0 N–H and O–H groups in total. The molecule has 0 saturated carbocycles. The van der Waals surface area contributed by atoms with Crippen molar-refractivity contribution in [2.24, 2.45) is 0 Å². The molecular formula is C18H14BrClO. The lowest BCUT2D eigenvalue weighted by atomic mass is 10.0. The summed E-state index contributed by atoms with van der Waals surface area (Å²) in [5.74, 6) is -0.109. The van der Waals surface area contributed by atoms with Crippen LogP contribution < -0.4 is 0 Å². The molecule has 0 aliphatic carbocycles. The normalized spacial score (nSPS) is 12.3. The van der Waals surface area contributed by atoms with Crippen molar-refractivity contribution in [1.82, 2.24) is 0 Å². The highest BCUT2D eigenvalue weighted by Gasteiger charge is 2.07. The first-order valence-electron chi connectivity index (χ1n) is 6.48. The topological polar surface area (TPSA) is 17.1 Å². The molecule has 0 saturated heterocycles. The van der Waals surface area contributed by atoms with Gasteiger partial charge in [0.2, 0.25) is 0 Å². The quantitative estimate of drug-likeness (QED) is 0.376. The lowest BCUT2D eigenvalue weighted by molar-refractivity contribution is 0.104. The van der Waals surface area contributed by atoms with E-state index in [4.69, 9.17) is 11.6 Å². The zero-order valence-corrected chi connectivity index (χ0v) is 13.9. The van der Waals surface area contributed by atoms with Crippen molar-refractivity contribution >= 4 is 38.9 Å². The van der Waals surface area contributed by atoms with Crippen molar-refractivity contribution in [2.75, 3.05) is 0 Å². The van der Waals surface area contributed by atoms with Gasteiger partial charge in [-0.25, -0.2) is 0 Å².